The Morgan fingerprint density at radius 1 is 0.537 bits per heavy atom. The van der Waals surface area contributed by atoms with Gasteiger partial charge < -0.3 is 4.42 Å². The lowest BCUT2D eigenvalue weighted by molar-refractivity contribution is 0.455. The van der Waals surface area contributed by atoms with Gasteiger partial charge in [-0.1, -0.05) is 152 Å². The predicted octanol–water partition coefficient (Wildman–Crippen LogP) is 13.0. The van der Waals surface area contributed by atoms with Gasteiger partial charge in [0.25, 0.3) is 0 Å². The van der Waals surface area contributed by atoms with E-state index in [4.69, 9.17) is 14.4 Å². The summed E-state index contributed by atoms with van der Waals surface area (Å²) in [5.74, 6) is 0.905. The monoisotopic (exact) mass is 690 g/mol. The van der Waals surface area contributed by atoms with Crippen molar-refractivity contribution in [2.24, 2.45) is 5.92 Å². The molecule has 0 saturated heterocycles. The van der Waals surface area contributed by atoms with E-state index in [2.05, 4.69) is 176 Å². The SMILES string of the molecule is C1=CCC(C2(c3ccccc3)c3ccccc3-c3ccc4c(oc5ccc(-c6nc(-c7ccccc7)c7cc(-c8ccccc8)ccc7n6)cc54)c32)C=C1. The molecule has 3 nitrogen and oxygen atoms in total. The maximum absolute atomic E-state index is 7.02. The Labute approximate surface area is 313 Å². The molecule has 254 valence electrons. The van der Waals surface area contributed by atoms with E-state index >= 15 is 0 Å². The highest BCUT2D eigenvalue weighted by Gasteiger charge is 2.51. The van der Waals surface area contributed by atoms with Crippen LogP contribution in [-0.2, 0) is 5.41 Å². The summed E-state index contributed by atoms with van der Waals surface area (Å²) in [5.41, 5.74) is 13.9. The van der Waals surface area contributed by atoms with Gasteiger partial charge in [0.1, 0.15) is 11.2 Å². The molecule has 54 heavy (non-hydrogen) atoms. The summed E-state index contributed by atoms with van der Waals surface area (Å²) < 4.78 is 7.02. The van der Waals surface area contributed by atoms with Gasteiger partial charge in [0.2, 0.25) is 0 Å². The molecule has 3 heteroatoms. The number of rotatable bonds is 5. The highest BCUT2D eigenvalue weighted by molar-refractivity contribution is 6.10. The normalized spacial score (nSPS) is 17.3. The van der Waals surface area contributed by atoms with Crippen LogP contribution in [0.25, 0.3) is 77.7 Å². The van der Waals surface area contributed by atoms with Gasteiger partial charge in [0, 0.05) is 32.8 Å². The molecule has 2 atom stereocenters. The summed E-state index contributed by atoms with van der Waals surface area (Å²) >= 11 is 0. The fourth-order valence-electron chi connectivity index (χ4n) is 9.18. The molecule has 0 N–H and O–H groups in total. The lowest BCUT2D eigenvalue weighted by Crippen LogP contribution is -2.35. The number of furan rings is 1. The highest BCUT2D eigenvalue weighted by Crippen LogP contribution is 2.60. The van der Waals surface area contributed by atoms with Crippen LogP contribution in [0.1, 0.15) is 23.1 Å². The van der Waals surface area contributed by atoms with Crippen LogP contribution in [-0.4, -0.2) is 9.97 Å². The minimum Gasteiger partial charge on any atom is -0.456 e. The minimum absolute atomic E-state index is 0.214. The van der Waals surface area contributed by atoms with Crippen LogP contribution in [0.3, 0.4) is 0 Å². The van der Waals surface area contributed by atoms with Crippen molar-refractivity contribution in [2.45, 2.75) is 11.8 Å². The smallest absolute Gasteiger partial charge is 0.160 e. The van der Waals surface area contributed by atoms with Gasteiger partial charge in [-0.2, -0.15) is 0 Å². The Bertz CT molecular complexity index is 2960. The van der Waals surface area contributed by atoms with Crippen molar-refractivity contribution in [3.63, 3.8) is 0 Å². The van der Waals surface area contributed by atoms with Gasteiger partial charge in [0.15, 0.2) is 5.82 Å². The molecule has 7 aromatic carbocycles. The number of aromatic nitrogens is 2. The minimum atomic E-state index is -0.421. The summed E-state index contributed by atoms with van der Waals surface area (Å²) in [5, 5.41) is 3.19. The molecule has 0 amide bonds. The van der Waals surface area contributed by atoms with Crippen LogP contribution in [0.2, 0.25) is 0 Å². The third kappa shape index (κ3) is 4.55. The van der Waals surface area contributed by atoms with Crippen molar-refractivity contribution in [3.05, 3.63) is 205 Å². The molecule has 2 heterocycles. The molecule has 0 spiro atoms. The number of benzene rings is 7. The van der Waals surface area contributed by atoms with Gasteiger partial charge in [-0.25, -0.2) is 9.97 Å². The molecule has 0 fully saturated rings. The van der Waals surface area contributed by atoms with Crippen molar-refractivity contribution < 1.29 is 4.42 Å². The maximum Gasteiger partial charge on any atom is 0.160 e. The summed E-state index contributed by atoms with van der Waals surface area (Å²) in [7, 11) is 0. The first-order valence-electron chi connectivity index (χ1n) is 18.7. The van der Waals surface area contributed by atoms with Crippen molar-refractivity contribution in [1.29, 1.82) is 0 Å². The second-order valence-corrected chi connectivity index (χ2v) is 14.4. The fourth-order valence-corrected chi connectivity index (χ4v) is 9.18. The van der Waals surface area contributed by atoms with E-state index in [1.54, 1.807) is 0 Å². The molecule has 2 aliphatic carbocycles. The number of hydrogen-bond donors (Lipinski definition) is 0. The van der Waals surface area contributed by atoms with Crippen LogP contribution < -0.4 is 0 Å². The molecular formula is C51H34N2O. The fraction of sp³-hybridized carbons (Fsp3) is 0.0588. The molecule has 11 rings (SSSR count). The van der Waals surface area contributed by atoms with E-state index in [9.17, 15) is 0 Å². The first kappa shape index (κ1) is 30.8. The summed E-state index contributed by atoms with van der Waals surface area (Å²) in [6, 6.07) is 58.4. The van der Waals surface area contributed by atoms with Crippen molar-refractivity contribution >= 4 is 32.8 Å². The van der Waals surface area contributed by atoms with Crippen LogP contribution in [0.4, 0.5) is 0 Å². The Kier molecular flexibility index (Phi) is 6.90. The average Bonchev–Trinajstić information content (AvgIpc) is 3.78. The van der Waals surface area contributed by atoms with E-state index < -0.39 is 5.41 Å². The second-order valence-electron chi connectivity index (χ2n) is 14.4. The first-order chi connectivity index (χ1) is 26.8. The Hall–Kier alpha value is -6.84. The molecule has 0 saturated carbocycles. The predicted molar refractivity (Wildman–Crippen MR) is 221 cm³/mol. The van der Waals surface area contributed by atoms with Crippen LogP contribution in [0.15, 0.2) is 193 Å². The van der Waals surface area contributed by atoms with E-state index in [1.165, 1.54) is 33.4 Å². The molecule has 9 aromatic rings. The zero-order valence-electron chi connectivity index (χ0n) is 29.5. The standard InChI is InChI=1S/C51H34N2O/c1-5-15-33(16-6-1)35-25-29-45-43(31-35)48(34-17-7-2-8-18-34)53-50(52-45)36-26-30-46-42(32-36)41-28-27-40-39-23-13-14-24-44(39)51(47(40)49(41)54-46,37-19-9-3-10-20-37)38-21-11-4-12-22-38/h1-21,23-32,38H,22H2. The third-order valence-electron chi connectivity index (χ3n) is 11.6. The second kappa shape index (κ2) is 12.1. The Morgan fingerprint density at radius 3 is 2.06 bits per heavy atom. The van der Waals surface area contributed by atoms with E-state index in [0.29, 0.717) is 5.82 Å². The molecule has 0 radical (unpaired) electrons. The zero-order valence-corrected chi connectivity index (χ0v) is 29.5. The number of hydrogen-bond acceptors (Lipinski definition) is 3. The van der Waals surface area contributed by atoms with E-state index in [1.807, 2.05) is 12.1 Å². The average molecular weight is 691 g/mol. The lowest BCUT2D eigenvalue weighted by atomic mass is 9.62. The first-order valence-corrected chi connectivity index (χ1v) is 18.7. The molecule has 2 unspecified atom stereocenters. The largest absolute Gasteiger partial charge is 0.456 e. The molecular weight excluding hydrogens is 657 g/mol. The summed E-state index contributed by atoms with van der Waals surface area (Å²) in [4.78, 5) is 10.5. The lowest BCUT2D eigenvalue weighted by Gasteiger charge is -2.39. The molecule has 2 aromatic heterocycles. The molecule has 2 aliphatic rings. The molecule has 0 bridgehead atoms. The maximum atomic E-state index is 7.02. The number of nitrogens with zero attached hydrogens (tertiary/aromatic N) is 2. The van der Waals surface area contributed by atoms with Crippen LogP contribution in [0.5, 0.6) is 0 Å². The summed E-state index contributed by atoms with van der Waals surface area (Å²) in [6.45, 7) is 0. The van der Waals surface area contributed by atoms with Gasteiger partial charge in [-0.05, 0) is 82.1 Å². The van der Waals surface area contributed by atoms with Gasteiger partial charge in [-0.15, -0.1) is 0 Å². The van der Waals surface area contributed by atoms with Crippen molar-refractivity contribution in [1.82, 2.24) is 9.97 Å². The zero-order chi connectivity index (χ0) is 35.6. The quantitative estimate of drug-likeness (QED) is 0.180. The Balaban J connectivity index is 1.13. The third-order valence-corrected chi connectivity index (χ3v) is 11.6. The van der Waals surface area contributed by atoms with Gasteiger partial charge in [0.05, 0.1) is 16.6 Å². The highest BCUT2D eigenvalue weighted by atomic mass is 16.3. The van der Waals surface area contributed by atoms with Gasteiger partial charge in [-0.3, -0.25) is 0 Å². The van der Waals surface area contributed by atoms with E-state index in [-0.39, 0.29) is 5.92 Å². The topological polar surface area (TPSA) is 38.9 Å². The van der Waals surface area contributed by atoms with E-state index in [0.717, 1.165) is 61.6 Å². The van der Waals surface area contributed by atoms with Crippen molar-refractivity contribution in [2.75, 3.05) is 0 Å². The Morgan fingerprint density at radius 2 is 1.26 bits per heavy atom. The molecule has 0 aliphatic heterocycles. The van der Waals surface area contributed by atoms with Crippen molar-refractivity contribution in [3.8, 4) is 44.9 Å². The summed E-state index contributed by atoms with van der Waals surface area (Å²) in [6.07, 6.45) is 10.0. The number of fused-ring (bicyclic) bond motifs is 8. The van der Waals surface area contributed by atoms with Gasteiger partial charge >= 0.3 is 0 Å². The van der Waals surface area contributed by atoms with Crippen LogP contribution >= 0.6 is 0 Å². The number of allylic oxidation sites excluding steroid dienone is 4. The van der Waals surface area contributed by atoms with Crippen LogP contribution in [0, 0.1) is 5.92 Å².